The van der Waals surface area contributed by atoms with Crippen molar-refractivity contribution in [3.63, 3.8) is 0 Å². The summed E-state index contributed by atoms with van der Waals surface area (Å²) in [5.41, 5.74) is 23.2. The Kier molecular flexibility index (Phi) is 9.17. The number of benzene rings is 10. The van der Waals surface area contributed by atoms with Crippen molar-refractivity contribution >= 4 is 34.1 Å². The van der Waals surface area contributed by atoms with E-state index >= 15 is 0 Å². The van der Waals surface area contributed by atoms with Gasteiger partial charge in [-0.05, 0) is 141 Å². The summed E-state index contributed by atoms with van der Waals surface area (Å²) in [7, 11) is 0. The lowest BCUT2D eigenvalue weighted by molar-refractivity contribution is 0.656. The van der Waals surface area contributed by atoms with Crippen LogP contribution in [-0.4, -0.2) is 0 Å². The van der Waals surface area contributed by atoms with E-state index < -0.39 is 10.8 Å². The maximum atomic E-state index is 2.61. The Balaban J connectivity index is 1.19. The zero-order valence-electron chi connectivity index (χ0n) is 39.5. The monoisotopic (exact) mass is 884 g/mol. The van der Waals surface area contributed by atoms with Crippen LogP contribution in [0, 0.1) is 13.8 Å². The van der Waals surface area contributed by atoms with Gasteiger partial charge in [-0.3, -0.25) is 0 Å². The van der Waals surface area contributed by atoms with Gasteiger partial charge in [0, 0.05) is 16.8 Å². The van der Waals surface area contributed by atoms with Crippen LogP contribution in [0.5, 0.6) is 0 Å². The highest BCUT2D eigenvalue weighted by molar-refractivity contribution is 5.97. The Hall–Kier alpha value is -8.20. The van der Waals surface area contributed by atoms with Gasteiger partial charge in [0.2, 0.25) is 0 Å². The van der Waals surface area contributed by atoms with Crippen molar-refractivity contribution in [2.24, 2.45) is 0 Å². The van der Waals surface area contributed by atoms with Crippen LogP contribution in [0.25, 0.3) is 11.1 Å². The van der Waals surface area contributed by atoms with Crippen molar-refractivity contribution in [2.45, 2.75) is 43.9 Å². The molecule has 0 fully saturated rings. The SMILES string of the molecule is Cc1ccc2c(c1)C(c1ccccc1)(c1ccccc1)c1cc3c(cc1N2c1ccccc1)C(C)(C)c1cc2c(cc1-3)C(c1ccccc1)(c1ccccc1)c1cc(C)ccc1N2c1ccccc1. The lowest BCUT2D eigenvalue weighted by Gasteiger charge is -2.47. The summed E-state index contributed by atoms with van der Waals surface area (Å²) in [5, 5.41) is 0. The molecule has 0 bridgehead atoms. The van der Waals surface area contributed by atoms with Crippen LogP contribution in [0.15, 0.2) is 243 Å². The standard InChI is InChI=1S/C67H52N2/c1-45-35-37-61-57(39-45)66(47-23-11-5-12-24-47,48-25-13-6-14-26-48)59-41-53-54-42-60-64(44-56(54)65(3,4)55(53)43-63(59)68(61)51-31-19-9-20-32-51)69(52-33-21-10-22-34-52)62-38-36-46(2)40-58(62)67(60,49-27-15-7-16-28-49)50-29-17-8-18-30-50/h5-44H,1-4H3. The summed E-state index contributed by atoms with van der Waals surface area (Å²) >= 11 is 0. The second-order valence-corrected chi connectivity index (χ2v) is 19.8. The van der Waals surface area contributed by atoms with Crippen LogP contribution < -0.4 is 9.80 Å². The minimum Gasteiger partial charge on any atom is -0.310 e. The van der Waals surface area contributed by atoms with E-state index in [2.05, 4.69) is 280 Å². The molecule has 3 aliphatic rings. The lowest BCUT2D eigenvalue weighted by Crippen LogP contribution is -2.38. The molecule has 2 heterocycles. The predicted molar refractivity (Wildman–Crippen MR) is 287 cm³/mol. The number of fused-ring (bicyclic) bond motifs is 7. The second kappa shape index (κ2) is 15.4. The molecule has 2 aliphatic heterocycles. The van der Waals surface area contributed by atoms with Gasteiger partial charge < -0.3 is 9.80 Å². The fourth-order valence-electron chi connectivity index (χ4n) is 12.7. The van der Waals surface area contributed by atoms with Crippen molar-refractivity contribution in [2.75, 3.05) is 9.80 Å². The molecule has 0 N–H and O–H groups in total. The Morgan fingerprint density at radius 1 is 0.275 bits per heavy atom. The fourth-order valence-corrected chi connectivity index (χ4v) is 12.7. The maximum absolute atomic E-state index is 2.61. The van der Waals surface area contributed by atoms with Gasteiger partial charge in [-0.15, -0.1) is 0 Å². The van der Waals surface area contributed by atoms with Crippen LogP contribution in [0.3, 0.4) is 0 Å². The van der Waals surface area contributed by atoms with E-state index in [0.29, 0.717) is 0 Å². The first-order valence-corrected chi connectivity index (χ1v) is 24.3. The van der Waals surface area contributed by atoms with Crippen molar-refractivity contribution in [1.82, 2.24) is 0 Å². The van der Waals surface area contributed by atoms with E-state index in [-0.39, 0.29) is 5.41 Å². The molecule has 330 valence electrons. The molecule has 13 rings (SSSR count). The minimum atomic E-state index is -0.640. The molecule has 0 radical (unpaired) electrons. The van der Waals surface area contributed by atoms with E-state index in [4.69, 9.17) is 0 Å². The van der Waals surface area contributed by atoms with Crippen LogP contribution >= 0.6 is 0 Å². The van der Waals surface area contributed by atoms with Gasteiger partial charge in [0.05, 0.1) is 33.6 Å². The molecule has 0 atom stereocenters. The average molecular weight is 885 g/mol. The third-order valence-electron chi connectivity index (χ3n) is 15.6. The van der Waals surface area contributed by atoms with Gasteiger partial charge in [-0.1, -0.05) is 207 Å². The summed E-state index contributed by atoms with van der Waals surface area (Å²) in [6, 6.07) is 91.5. The van der Waals surface area contributed by atoms with E-state index in [0.717, 1.165) is 11.4 Å². The summed E-state index contributed by atoms with van der Waals surface area (Å²) < 4.78 is 0. The highest BCUT2D eigenvalue weighted by Crippen LogP contribution is 2.64. The smallest absolute Gasteiger partial charge is 0.0742 e. The van der Waals surface area contributed by atoms with Gasteiger partial charge in [0.25, 0.3) is 0 Å². The lowest BCUT2D eigenvalue weighted by atomic mass is 9.61. The number of para-hydroxylation sites is 2. The normalized spacial score (nSPS) is 15.2. The molecule has 2 nitrogen and oxygen atoms in total. The Labute approximate surface area is 406 Å². The van der Waals surface area contributed by atoms with Gasteiger partial charge >= 0.3 is 0 Å². The third kappa shape index (κ3) is 5.79. The molecule has 0 amide bonds. The highest BCUT2D eigenvalue weighted by Gasteiger charge is 2.51. The van der Waals surface area contributed by atoms with E-state index in [1.54, 1.807) is 0 Å². The summed E-state index contributed by atoms with van der Waals surface area (Å²) in [4.78, 5) is 5.06. The number of aryl methyl sites for hydroxylation is 2. The molecule has 10 aromatic carbocycles. The molecule has 0 aromatic heterocycles. The minimum absolute atomic E-state index is 0.356. The Morgan fingerprint density at radius 3 is 0.884 bits per heavy atom. The van der Waals surface area contributed by atoms with Gasteiger partial charge in [0.1, 0.15) is 0 Å². The Bertz CT molecular complexity index is 3260. The van der Waals surface area contributed by atoms with Gasteiger partial charge in [-0.2, -0.15) is 0 Å². The van der Waals surface area contributed by atoms with Gasteiger partial charge in [-0.25, -0.2) is 0 Å². The fraction of sp³-hybridized carbons (Fsp3) is 0.104. The van der Waals surface area contributed by atoms with Crippen LogP contribution in [-0.2, 0) is 16.2 Å². The summed E-state index contributed by atoms with van der Waals surface area (Å²) in [6.45, 7) is 9.36. The third-order valence-corrected chi connectivity index (χ3v) is 15.6. The zero-order valence-corrected chi connectivity index (χ0v) is 39.5. The van der Waals surface area contributed by atoms with Gasteiger partial charge in [0.15, 0.2) is 0 Å². The first-order valence-electron chi connectivity index (χ1n) is 24.3. The van der Waals surface area contributed by atoms with Crippen molar-refractivity contribution < 1.29 is 0 Å². The van der Waals surface area contributed by atoms with Crippen LogP contribution in [0.4, 0.5) is 34.1 Å². The summed E-state index contributed by atoms with van der Waals surface area (Å²) in [6.07, 6.45) is 0. The number of anilines is 6. The summed E-state index contributed by atoms with van der Waals surface area (Å²) in [5.74, 6) is 0. The van der Waals surface area contributed by atoms with E-state index in [1.165, 1.54) is 101 Å². The van der Waals surface area contributed by atoms with E-state index in [1.807, 2.05) is 0 Å². The molecule has 0 spiro atoms. The molecule has 1 aliphatic carbocycles. The number of hydrogen-bond acceptors (Lipinski definition) is 2. The predicted octanol–water partition coefficient (Wildman–Crippen LogP) is 16.9. The molecular weight excluding hydrogens is 833 g/mol. The molecule has 0 saturated heterocycles. The zero-order chi connectivity index (χ0) is 46.5. The molecule has 2 heteroatoms. The van der Waals surface area contributed by atoms with Crippen LogP contribution in [0.1, 0.15) is 80.6 Å². The molecule has 0 unspecified atom stereocenters. The number of hydrogen-bond donors (Lipinski definition) is 0. The number of nitrogens with zero attached hydrogens (tertiary/aromatic N) is 2. The molecule has 10 aromatic rings. The van der Waals surface area contributed by atoms with E-state index in [9.17, 15) is 0 Å². The second-order valence-electron chi connectivity index (χ2n) is 19.8. The maximum Gasteiger partial charge on any atom is 0.0742 e. The first-order chi connectivity index (χ1) is 33.8. The molecular formula is C67H52N2. The van der Waals surface area contributed by atoms with Crippen molar-refractivity contribution in [1.29, 1.82) is 0 Å². The largest absolute Gasteiger partial charge is 0.310 e. The topological polar surface area (TPSA) is 6.48 Å². The molecule has 0 saturated carbocycles. The van der Waals surface area contributed by atoms with Crippen molar-refractivity contribution in [3.8, 4) is 11.1 Å². The first kappa shape index (κ1) is 41.0. The Morgan fingerprint density at radius 2 is 0.565 bits per heavy atom. The average Bonchev–Trinajstić information content (AvgIpc) is 3.61. The number of rotatable bonds is 6. The highest BCUT2D eigenvalue weighted by atomic mass is 15.2. The molecule has 69 heavy (non-hydrogen) atoms. The van der Waals surface area contributed by atoms with Crippen molar-refractivity contribution in [3.05, 3.63) is 309 Å². The van der Waals surface area contributed by atoms with Crippen LogP contribution in [0.2, 0.25) is 0 Å². The quantitative estimate of drug-likeness (QED) is 0.164.